The molecule has 0 spiro atoms. The summed E-state index contributed by atoms with van der Waals surface area (Å²) in [7, 11) is -3.14. The molecule has 2 aromatic carbocycles. The van der Waals surface area contributed by atoms with Gasteiger partial charge in [-0.1, -0.05) is 29.8 Å². The van der Waals surface area contributed by atoms with Crippen molar-refractivity contribution in [2.24, 2.45) is 0 Å². The second-order valence-electron chi connectivity index (χ2n) is 4.92. The molecule has 2 aromatic rings. The fraction of sp³-hybridized carbons (Fsp3) is 0.188. The number of aliphatic hydroxyl groups excluding tert-OH is 1. The highest BCUT2D eigenvalue weighted by molar-refractivity contribution is 7.90. The quantitative estimate of drug-likeness (QED) is 0.634. The fourth-order valence-electron chi connectivity index (χ4n) is 1.89. The monoisotopic (exact) mass is 372 g/mol. The lowest BCUT2D eigenvalue weighted by Gasteiger charge is -2.04. The van der Waals surface area contributed by atoms with E-state index in [0.29, 0.717) is 15.5 Å². The lowest BCUT2D eigenvalue weighted by Crippen LogP contribution is -2.00. The van der Waals surface area contributed by atoms with Gasteiger partial charge in [0.15, 0.2) is 9.84 Å². The molecule has 0 aliphatic heterocycles. The van der Waals surface area contributed by atoms with E-state index in [-0.39, 0.29) is 12.2 Å². The van der Waals surface area contributed by atoms with Gasteiger partial charge in [-0.2, -0.15) is 5.26 Å². The van der Waals surface area contributed by atoms with Crippen molar-refractivity contribution in [3.63, 3.8) is 0 Å². The van der Waals surface area contributed by atoms with Crippen molar-refractivity contribution in [1.82, 2.24) is 0 Å². The molecule has 0 aliphatic rings. The molecule has 2 N–H and O–H groups in total. The van der Waals surface area contributed by atoms with Crippen LogP contribution in [0.3, 0.4) is 0 Å². The van der Waals surface area contributed by atoms with Crippen LogP contribution >= 0.6 is 11.6 Å². The van der Waals surface area contributed by atoms with Gasteiger partial charge in [-0.25, -0.2) is 13.2 Å². The Bertz CT molecular complexity index is 817. The summed E-state index contributed by atoms with van der Waals surface area (Å²) in [4.78, 5) is 14.5. The molecule has 24 heavy (non-hydrogen) atoms. The molecule has 0 saturated heterocycles. The number of aliphatic hydroxyl groups is 1. The molecule has 0 bridgehead atoms. The molecular weight excluding hydrogens is 356 g/mol. The van der Waals surface area contributed by atoms with E-state index in [1.807, 2.05) is 0 Å². The molecule has 0 radical (unpaired) electrons. The number of rotatable bonds is 3. The molecule has 0 unspecified atom stereocenters. The van der Waals surface area contributed by atoms with Crippen LogP contribution in [0.15, 0.2) is 47.4 Å². The lowest BCUT2D eigenvalue weighted by atomic mass is 10.1. The van der Waals surface area contributed by atoms with Crippen LogP contribution < -0.4 is 0 Å². The van der Waals surface area contributed by atoms with Gasteiger partial charge in [0.25, 0.3) is 0 Å². The maximum Gasteiger partial charge on any atom is 0.372 e. The average molecular weight is 373 g/mol. The van der Waals surface area contributed by atoms with Crippen LogP contribution in [0.25, 0.3) is 0 Å². The van der Waals surface area contributed by atoms with Gasteiger partial charge in [-0.3, -0.25) is 4.89 Å². The normalized spacial score (nSPS) is 10.5. The zero-order valence-electron chi connectivity index (χ0n) is 13.1. The number of sulfone groups is 1. The van der Waals surface area contributed by atoms with E-state index in [0.717, 1.165) is 5.56 Å². The first-order chi connectivity index (χ1) is 11.2. The summed E-state index contributed by atoms with van der Waals surface area (Å²) in [6.45, 7) is 1.65. The van der Waals surface area contributed by atoms with Crippen molar-refractivity contribution in [1.29, 1.82) is 0 Å². The maximum absolute atomic E-state index is 11.2. The molecule has 0 fully saturated rings. The van der Waals surface area contributed by atoms with Gasteiger partial charge >= 0.3 is 5.97 Å². The Morgan fingerprint density at radius 1 is 1.21 bits per heavy atom. The number of benzene rings is 2. The van der Waals surface area contributed by atoms with E-state index in [9.17, 15) is 13.2 Å². The van der Waals surface area contributed by atoms with Gasteiger partial charge in [0, 0.05) is 11.3 Å². The highest BCUT2D eigenvalue weighted by Gasteiger charge is 2.10. The van der Waals surface area contributed by atoms with Gasteiger partial charge < -0.3 is 5.11 Å². The molecule has 0 heterocycles. The Kier molecular flexibility index (Phi) is 7.37. The summed E-state index contributed by atoms with van der Waals surface area (Å²) < 4.78 is 22.4. The number of carbonyl (C=O) groups excluding carboxylic acids is 1. The summed E-state index contributed by atoms with van der Waals surface area (Å²) in [6.07, 6.45) is 1.17. The van der Waals surface area contributed by atoms with Gasteiger partial charge in [0.05, 0.1) is 17.1 Å². The second-order valence-corrected chi connectivity index (χ2v) is 7.34. The Labute approximate surface area is 145 Å². The molecule has 130 valence electrons. The average Bonchev–Trinajstić information content (AvgIpc) is 2.53. The highest BCUT2D eigenvalue weighted by Crippen LogP contribution is 2.16. The van der Waals surface area contributed by atoms with Crippen LogP contribution in [0.5, 0.6) is 0 Å². The third kappa shape index (κ3) is 5.93. The number of carbonyl (C=O) groups is 1. The largest absolute Gasteiger partial charge is 0.392 e. The van der Waals surface area contributed by atoms with Crippen LogP contribution in [0.1, 0.15) is 21.5 Å². The van der Waals surface area contributed by atoms with Crippen molar-refractivity contribution in [3.8, 4) is 0 Å². The van der Waals surface area contributed by atoms with E-state index in [2.05, 4.69) is 4.89 Å². The summed E-state index contributed by atoms with van der Waals surface area (Å²) in [5, 5.41) is 17.2. The minimum absolute atomic E-state index is 0.0646. The summed E-state index contributed by atoms with van der Waals surface area (Å²) >= 11 is 5.56. The molecule has 0 aliphatic carbocycles. The Morgan fingerprint density at radius 2 is 1.88 bits per heavy atom. The van der Waals surface area contributed by atoms with Crippen molar-refractivity contribution < 1.29 is 28.5 Å². The van der Waals surface area contributed by atoms with E-state index in [4.69, 9.17) is 22.0 Å². The van der Waals surface area contributed by atoms with Crippen molar-refractivity contribution >= 4 is 27.4 Å². The first kappa shape index (κ1) is 20.1. The van der Waals surface area contributed by atoms with Gasteiger partial charge in [-0.05, 0) is 42.3 Å². The molecule has 0 amide bonds. The predicted octanol–water partition coefficient (Wildman–Crippen LogP) is 2.86. The van der Waals surface area contributed by atoms with Crippen LogP contribution in [0, 0.1) is 6.92 Å². The van der Waals surface area contributed by atoms with Gasteiger partial charge in [-0.15, -0.1) is 0 Å². The van der Waals surface area contributed by atoms with Crippen molar-refractivity contribution in [2.45, 2.75) is 18.4 Å². The molecule has 8 heteroatoms. The standard InChI is InChI=1S/C9H12O3S.C7H5ClO3/c1-7-5-8(6-10)3-4-9(7)13(2,11)12;8-6-3-1-2-5(4-6)7(9)11-10/h3-5,10H,6H2,1-2H3;1-4,10H. The summed E-state index contributed by atoms with van der Waals surface area (Å²) in [6, 6.07) is 10.9. The molecular formula is C16H17ClO6S. The lowest BCUT2D eigenvalue weighted by molar-refractivity contribution is -0.182. The topological polar surface area (TPSA) is 101 Å². The fourth-order valence-corrected chi connectivity index (χ4v) is 3.04. The Morgan fingerprint density at radius 3 is 2.33 bits per heavy atom. The zero-order chi connectivity index (χ0) is 18.3. The number of hydrogen-bond acceptors (Lipinski definition) is 6. The van der Waals surface area contributed by atoms with E-state index in [1.165, 1.54) is 24.5 Å². The molecule has 0 aromatic heterocycles. The minimum Gasteiger partial charge on any atom is -0.392 e. The first-order valence-corrected chi connectivity index (χ1v) is 8.97. The molecule has 6 nitrogen and oxygen atoms in total. The number of halogens is 1. The van der Waals surface area contributed by atoms with E-state index < -0.39 is 15.8 Å². The van der Waals surface area contributed by atoms with Crippen molar-refractivity contribution in [3.05, 3.63) is 64.2 Å². The molecule has 2 rings (SSSR count). The van der Waals surface area contributed by atoms with Crippen LogP contribution in [-0.4, -0.2) is 31.0 Å². The Hall–Kier alpha value is -1.93. The molecule has 0 saturated carbocycles. The number of hydrogen-bond donors (Lipinski definition) is 2. The first-order valence-electron chi connectivity index (χ1n) is 6.70. The SMILES string of the molecule is Cc1cc(CO)ccc1S(C)(=O)=O.O=C(OO)c1cccc(Cl)c1. The van der Waals surface area contributed by atoms with E-state index in [1.54, 1.807) is 31.2 Å². The predicted molar refractivity (Wildman–Crippen MR) is 89.7 cm³/mol. The Balaban J connectivity index is 0.000000243. The third-order valence-electron chi connectivity index (χ3n) is 2.96. The molecule has 0 atom stereocenters. The van der Waals surface area contributed by atoms with Crippen LogP contribution in [0.4, 0.5) is 0 Å². The van der Waals surface area contributed by atoms with Crippen molar-refractivity contribution in [2.75, 3.05) is 6.26 Å². The summed E-state index contributed by atoms with van der Waals surface area (Å²) in [5.41, 5.74) is 1.62. The smallest absolute Gasteiger partial charge is 0.372 e. The minimum atomic E-state index is -3.14. The maximum atomic E-state index is 11.2. The number of aryl methyl sites for hydroxylation is 1. The van der Waals surface area contributed by atoms with Gasteiger partial charge in [0.1, 0.15) is 0 Å². The van der Waals surface area contributed by atoms with E-state index >= 15 is 0 Å². The second kappa shape index (κ2) is 8.79. The highest BCUT2D eigenvalue weighted by atomic mass is 35.5. The zero-order valence-corrected chi connectivity index (χ0v) is 14.6. The van der Waals surface area contributed by atoms with Crippen LogP contribution in [-0.2, 0) is 21.3 Å². The summed E-state index contributed by atoms with van der Waals surface area (Å²) in [5.74, 6) is -0.813. The van der Waals surface area contributed by atoms with Gasteiger partial charge in [0.2, 0.25) is 0 Å². The third-order valence-corrected chi connectivity index (χ3v) is 4.46. The van der Waals surface area contributed by atoms with Crippen LogP contribution in [0.2, 0.25) is 5.02 Å².